The summed E-state index contributed by atoms with van der Waals surface area (Å²) in [6.07, 6.45) is 2.96. The van der Waals surface area contributed by atoms with E-state index >= 15 is 0 Å². The summed E-state index contributed by atoms with van der Waals surface area (Å²) in [5, 5.41) is 21.9. The third-order valence-electron chi connectivity index (χ3n) is 3.62. The van der Waals surface area contributed by atoms with Crippen LogP contribution in [0.2, 0.25) is 0 Å². The lowest BCUT2D eigenvalue weighted by Crippen LogP contribution is -2.33. The van der Waals surface area contributed by atoms with Crippen LogP contribution in [0.25, 0.3) is 0 Å². The van der Waals surface area contributed by atoms with Crippen molar-refractivity contribution in [3.05, 3.63) is 42.2 Å². The van der Waals surface area contributed by atoms with Crippen LogP contribution in [0.4, 0.5) is 5.69 Å². The quantitative estimate of drug-likeness (QED) is 0.394. The molecule has 0 amide bonds. The number of carboxylic acid groups (broad SMARTS) is 1. The number of aliphatic hydroxyl groups is 1. The van der Waals surface area contributed by atoms with E-state index in [-0.39, 0.29) is 18.1 Å². The normalized spacial score (nSPS) is 13.4. The number of nitrogens with two attached hydrogens (primary N) is 1. The summed E-state index contributed by atoms with van der Waals surface area (Å²) in [7, 11) is 0. The molecule has 0 aliphatic heterocycles. The second kappa shape index (κ2) is 9.10. The fraction of sp³-hybridized carbons (Fsp3) is 0.471. The van der Waals surface area contributed by atoms with Crippen molar-refractivity contribution in [2.75, 3.05) is 11.9 Å². The minimum absolute atomic E-state index is 0.0261. The zero-order chi connectivity index (χ0) is 16.5. The predicted molar refractivity (Wildman–Crippen MR) is 89.0 cm³/mol. The molecule has 0 aliphatic rings. The number of carboxylic acids is 1. The summed E-state index contributed by atoms with van der Waals surface area (Å²) in [6.45, 7) is 6.62. The van der Waals surface area contributed by atoms with E-state index in [1.807, 2.05) is 24.3 Å². The summed E-state index contributed by atoms with van der Waals surface area (Å²) >= 11 is 0. The highest BCUT2D eigenvalue weighted by atomic mass is 16.4. The van der Waals surface area contributed by atoms with Crippen LogP contribution >= 0.6 is 0 Å². The van der Waals surface area contributed by atoms with E-state index in [0.29, 0.717) is 6.42 Å². The fourth-order valence-electron chi connectivity index (χ4n) is 2.20. The molecule has 0 saturated heterocycles. The number of aliphatic hydroxyl groups excluding tert-OH is 1. The van der Waals surface area contributed by atoms with Gasteiger partial charge in [-0.25, -0.2) is 0 Å². The molecule has 0 aliphatic carbocycles. The standard InChI is InChI=1S/C17H26N2O3/c1-3-4-9-19-15-7-5-13(6-8-15)10-14(12(2)20)11-16(18)17(21)22/h5-8,14,16,19-20H,2-4,9-11,18H2,1H3,(H,21,22). The van der Waals surface area contributed by atoms with Crippen molar-refractivity contribution < 1.29 is 15.0 Å². The van der Waals surface area contributed by atoms with Crippen molar-refractivity contribution in [3.8, 4) is 0 Å². The molecule has 2 atom stereocenters. The third-order valence-corrected chi connectivity index (χ3v) is 3.62. The number of hydrogen-bond acceptors (Lipinski definition) is 4. The maximum Gasteiger partial charge on any atom is 0.320 e. The van der Waals surface area contributed by atoms with Gasteiger partial charge in [-0.2, -0.15) is 0 Å². The molecule has 0 spiro atoms. The molecule has 1 rings (SSSR count). The Morgan fingerprint density at radius 3 is 2.45 bits per heavy atom. The Morgan fingerprint density at radius 2 is 1.95 bits per heavy atom. The predicted octanol–water partition coefficient (Wildman–Crippen LogP) is 2.93. The molecule has 0 fully saturated rings. The number of allylic oxidation sites excluding steroid dienone is 1. The second-order valence-electron chi connectivity index (χ2n) is 5.55. The molecule has 1 aromatic rings. The highest BCUT2D eigenvalue weighted by Gasteiger charge is 2.21. The molecule has 0 radical (unpaired) electrons. The Hall–Kier alpha value is -2.01. The van der Waals surface area contributed by atoms with E-state index in [0.717, 1.165) is 30.6 Å². The molecule has 0 heterocycles. The number of aliphatic carboxylic acids is 1. The summed E-state index contributed by atoms with van der Waals surface area (Å²) < 4.78 is 0. The molecule has 5 nitrogen and oxygen atoms in total. The number of benzene rings is 1. The first-order valence-electron chi connectivity index (χ1n) is 7.63. The van der Waals surface area contributed by atoms with E-state index < -0.39 is 12.0 Å². The van der Waals surface area contributed by atoms with Crippen LogP contribution in [-0.2, 0) is 11.2 Å². The van der Waals surface area contributed by atoms with Crippen molar-refractivity contribution in [1.82, 2.24) is 0 Å². The van der Waals surface area contributed by atoms with Crippen LogP contribution in [0.3, 0.4) is 0 Å². The zero-order valence-electron chi connectivity index (χ0n) is 13.1. The topological polar surface area (TPSA) is 95.6 Å². The summed E-state index contributed by atoms with van der Waals surface area (Å²) in [4.78, 5) is 10.8. The van der Waals surface area contributed by atoms with E-state index in [1.165, 1.54) is 0 Å². The number of anilines is 1. The maximum absolute atomic E-state index is 10.8. The van der Waals surface area contributed by atoms with Crippen LogP contribution < -0.4 is 11.1 Å². The smallest absolute Gasteiger partial charge is 0.320 e. The Kier molecular flexibility index (Phi) is 7.46. The van der Waals surface area contributed by atoms with E-state index in [2.05, 4.69) is 18.8 Å². The molecule has 1 aromatic carbocycles. The van der Waals surface area contributed by atoms with Gasteiger partial charge < -0.3 is 21.3 Å². The van der Waals surface area contributed by atoms with Crippen LogP contribution in [0.5, 0.6) is 0 Å². The molecule has 0 aromatic heterocycles. The van der Waals surface area contributed by atoms with E-state index in [9.17, 15) is 9.90 Å². The van der Waals surface area contributed by atoms with Crippen molar-refractivity contribution >= 4 is 11.7 Å². The van der Waals surface area contributed by atoms with Crippen LogP contribution in [0.15, 0.2) is 36.6 Å². The number of hydrogen-bond donors (Lipinski definition) is 4. The number of nitrogens with one attached hydrogen (secondary N) is 1. The summed E-state index contributed by atoms with van der Waals surface area (Å²) in [6, 6.07) is 6.91. The van der Waals surface area contributed by atoms with Crippen LogP contribution in [0, 0.1) is 5.92 Å². The lowest BCUT2D eigenvalue weighted by molar-refractivity contribution is -0.138. The van der Waals surface area contributed by atoms with Gasteiger partial charge in [-0.1, -0.05) is 32.1 Å². The number of unbranched alkanes of at least 4 members (excludes halogenated alkanes) is 1. The van der Waals surface area contributed by atoms with Crippen LogP contribution in [-0.4, -0.2) is 28.8 Å². The third kappa shape index (κ3) is 6.18. The minimum Gasteiger partial charge on any atom is -0.513 e. The Balaban J connectivity index is 2.62. The van der Waals surface area contributed by atoms with Gasteiger partial charge >= 0.3 is 5.97 Å². The second-order valence-corrected chi connectivity index (χ2v) is 5.55. The lowest BCUT2D eigenvalue weighted by Gasteiger charge is -2.18. The van der Waals surface area contributed by atoms with Crippen molar-refractivity contribution in [1.29, 1.82) is 0 Å². The highest BCUT2D eigenvalue weighted by Crippen LogP contribution is 2.20. The van der Waals surface area contributed by atoms with Gasteiger partial charge in [-0.3, -0.25) is 4.79 Å². The molecule has 2 unspecified atom stereocenters. The molecule has 5 heteroatoms. The first-order valence-corrected chi connectivity index (χ1v) is 7.63. The summed E-state index contributed by atoms with van der Waals surface area (Å²) in [5.74, 6) is -1.45. The first-order chi connectivity index (χ1) is 10.4. The van der Waals surface area contributed by atoms with Gasteiger partial charge in [-0.15, -0.1) is 0 Å². The average molecular weight is 306 g/mol. The Labute approximate surface area is 131 Å². The molecular weight excluding hydrogens is 280 g/mol. The molecular formula is C17H26N2O3. The van der Waals surface area contributed by atoms with Crippen LogP contribution in [0.1, 0.15) is 31.7 Å². The van der Waals surface area contributed by atoms with Gasteiger partial charge in [0.15, 0.2) is 0 Å². The number of carbonyl (C=O) groups is 1. The average Bonchev–Trinajstić information content (AvgIpc) is 2.48. The SMILES string of the molecule is C=C(O)C(Cc1ccc(NCCCC)cc1)CC(N)C(=O)O. The minimum atomic E-state index is -1.07. The van der Waals surface area contributed by atoms with Gasteiger partial charge in [-0.05, 0) is 37.0 Å². The maximum atomic E-state index is 10.8. The Morgan fingerprint density at radius 1 is 1.32 bits per heavy atom. The first kappa shape index (κ1) is 18.0. The van der Waals surface area contributed by atoms with Gasteiger partial charge in [0.2, 0.25) is 0 Å². The highest BCUT2D eigenvalue weighted by molar-refractivity contribution is 5.73. The van der Waals surface area contributed by atoms with Gasteiger partial charge in [0.05, 0.1) is 5.76 Å². The van der Waals surface area contributed by atoms with Gasteiger partial charge in [0.1, 0.15) is 6.04 Å². The van der Waals surface area contributed by atoms with Gasteiger partial charge in [0, 0.05) is 18.2 Å². The molecule has 0 bridgehead atoms. The van der Waals surface area contributed by atoms with Crippen molar-refractivity contribution in [2.24, 2.45) is 11.7 Å². The lowest BCUT2D eigenvalue weighted by atomic mass is 9.91. The Bertz CT molecular complexity index is 485. The molecule has 22 heavy (non-hydrogen) atoms. The largest absolute Gasteiger partial charge is 0.513 e. The molecule has 5 N–H and O–H groups in total. The summed E-state index contributed by atoms with van der Waals surface area (Å²) in [5.41, 5.74) is 7.61. The monoisotopic (exact) mass is 306 g/mol. The fourth-order valence-corrected chi connectivity index (χ4v) is 2.20. The molecule has 122 valence electrons. The zero-order valence-corrected chi connectivity index (χ0v) is 13.1. The number of rotatable bonds is 10. The van der Waals surface area contributed by atoms with Gasteiger partial charge in [0.25, 0.3) is 0 Å². The molecule has 0 saturated carbocycles. The van der Waals surface area contributed by atoms with E-state index in [1.54, 1.807) is 0 Å². The van der Waals surface area contributed by atoms with E-state index in [4.69, 9.17) is 10.8 Å². The van der Waals surface area contributed by atoms with Crippen molar-refractivity contribution in [3.63, 3.8) is 0 Å². The van der Waals surface area contributed by atoms with Crippen molar-refractivity contribution in [2.45, 2.75) is 38.6 Å².